The van der Waals surface area contributed by atoms with Gasteiger partial charge in [-0.15, -0.1) is 0 Å². The lowest BCUT2D eigenvalue weighted by Crippen LogP contribution is -2.28. The van der Waals surface area contributed by atoms with E-state index in [1.54, 1.807) is 26.3 Å². The summed E-state index contributed by atoms with van der Waals surface area (Å²) in [6.45, 7) is 4.43. The summed E-state index contributed by atoms with van der Waals surface area (Å²) in [5, 5.41) is 3.43. The second-order valence-electron chi connectivity index (χ2n) is 7.58. The molecular formula is C25H32N2O5. The number of esters is 1. The van der Waals surface area contributed by atoms with E-state index in [1.165, 1.54) is 12.5 Å². The number of carbonyl (C=O) groups is 1. The van der Waals surface area contributed by atoms with E-state index >= 15 is 0 Å². The molecule has 1 unspecified atom stereocenters. The Labute approximate surface area is 189 Å². The summed E-state index contributed by atoms with van der Waals surface area (Å²) in [7, 11) is 1.60. The highest BCUT2D eigenvalue weighted by Crippen LogP contribution is 2.29. The number of pyridine rings is 1. The summed E-state index contributed by atoms with van der Waals surface area (Å²) in [4.78, 5) is 15.8. The van der Waals surface area contributed by atoms with Crippen LogP contribution in [0.1, 0.15) is 37.3 Å². The molecule has 0 amide bonds. The van der Waals surface area contributed by atoms with Crippen molar-refractivity contribution in [3.05, 3.63) is 53.9 Å². The molecule has 7 nitrogen and oxygen atoms in total. The van der Waals surface area contributed by atoms with Crippen molar-refractivity contribution in [1.29, 1.82) is 0 Å². The van der Waals surface area contributed by atoms with Gasteiger partial charge in [0.2, 0.25) is 0 Å². The van der Waals surface area contributed by atoms with E-state index in [-0.39, 0.29) is 5.97 Å². The van der Waals surface area contributed by atoms with Crippen LogP contribution in [0.3, 0.4) is 0 Å². The third-order valence-corrected chi connectivity index (χ3v) is 5.14. The molecule has 0 saturated carbocycles. The first kappa shape index (κ1) is 23.6. The van der Waals surface area contributed by atoms with E-state index in [2.05, 4.69) is 10.3 Å². The minimum absolute atomic E-state index is 0.352. The first-order valence-corrected chi connectivity index (χ1v) is 11.1. The number of methoxy groups -OCH3 is 1. The van der Waals surface area contributed by atoms with E-state index in [0.717, 1.165) is 42.7 Å². The van der Waals surface area contributed by atoms with Crippen molar-refractivity contribution in [3.8, 4) is 17.2 Å². The fourth-order valence-corrected chi connectivity index (χ4v) is 3.50. The fraction of sp³-hybridized carbons (Fsp3) is 0.440. The van der Waals surface area contributed by atoms with Crippen LogP contribution in [0, 0.1) is 0 Å². The first-order chi connectivity index (χ1) is 15.7. The van der Waals surface area contributed by atoms with Gasteiger partial charge in [-0.1, -0.05) is 6.07 Å². The molecule has 1 N–H and O–H groups in total. The number of hydrogen-bond donors (Lipinski definition) is 1. The van der Waals surface area contributed by atoms with Gasteiger partial charge in [-0.3, -0.25) is 4.98 Å². The molecular weight excluding hydrogens is 408 g/mol. The second kappa shape index (κ2) is 12.7. The molecule has 1 atom stereocenters. The number of benzene rings is 1. The van der Waals surface area contributed by atoms with Gasteiger partial charge >= 0.3 is 5.97 Å². The SMILES string of the molecule is CCOC(=O)/C=C/c1ccc(OCCCc2cncc(OCC3CCCN3)c2)c(OC)c1. The van der Waals surface area contributed by atoms with Crippen molar-refractivity contribution < 1.29 is 23.7 Å². The van der Waals surface area contributed by atoms with Gasteiger partial charge < -0.3 is 24.3 Å². The fourth-order valence-electron chi connectivity index (χ4n) is 3.50. The summed E-state index contributed by atoms with van der Waals surface area (Å²) in [6.07, 6.45) is 10.8. The smallest absolute Gasteiger partial charge is 0.330 e. The molecule has 7 heteroatoms. The van der Waals surface area contributed by atoms with Crippen LogP contribution in [0.15, 0.2) is 42.7 Å². The van der Waals surface area contributed by atoms with Gasteiger partial charge in [0.25, 0.3) is 0 Å². The van der Waals surface area contributed by atoms with E-state index in [4.69, 9.17) is 18.9 Å². The van der Waals surface area contributed by atoms with Crippen LogP contribution in [-0.4, -0.2) is 50.5 Å². The molecule has 172 valence electrons. The average Bonchev–Trinajstić information content (AvgIpc) is 3.34. The van der Waals surface area contributed by atoms with Gasteiger partial charge in [-0.05, 0) is 74.6 Å². The van der Waals surface area contributed by atoms with E-state index in [1.807, 2.05) is 30.5 Å². The van der Waals surface area contributed by atoms with Crippen LogP contribution in [0.25, 0.3) is 6.08 Å². The van der Waals surface area contributed by atoms with Crippen molar-refractivity contribution in [2.75, 3.05) is 33.5 Å². The molecule has 0 spiro atoms. The van der Waals surface area contributed by atoms with Gasteiger partial charge in [0, 0.05) is 18.3 Å². The molecule has 0 bridgehead atoms. The zero-order valence-corrected chi connectivity index (χ0v) is 18.8. The number of hydrogen-bond acceptors (Lipinski definition) is 7. The Balaban J connectivity index is 1.45. The van der Waals surface area contributed by atoms with Crippen LogP contribution in [0.2, 0.25) is 0 Å². The lowest BCUT2D eigenvalue weighted by molar-refractivity contribution is -0.137. The van der Waals surface area contributed by atoms with Crippen LogP contribution in [0.5, 0.6) is 17.2 Å². The van der Waals surface area contributed by atoms with Crippen molar-refractivity contribution in [1.82, 2.24) is 10.3 Å². The maximum Gasteiger partial charge on any atom is 0.330 e. The third-order valence-electron chi connectivity index (χ3n) is 5.14. The number of ether oxygens (including phenoxy) is 4. The number of nitrogens with zero attached hydrogens (tertiary/aromatic N) is 1. The minimum atomic E-state index is -0.369. The lowest BCUT2D eigenvalue weighted by atomic mass is 10.1. The standard InChI is InChI=1S/C25H32N2O5/c1-3-30-25(28)11-9-19-8-10-23(24(15-19)29-2)31-13-5-6-20-14-22(17-26-16-20)32-18-21-7-4-12-27-21/h8-11,14-17,21,27H,3-7,12-13,18H2,1-2H3/b11-9+. The van der Waals surface area contributed by atoms with Gasteiger partial charge in [-0.25, -0.2) is 4.79 Å². The maximum atomic E-state index is 11.5. The summed E-state index contributed by atoms with van der Waals surface area (Å²) in [5.74, 6) is 1.73. The van der Waals surface area contributed by atoms with Crippen molar-refractivity contribution >= 4 is 12.0 Å². The van der Waals surface area contributed by atoms with Crippen molar-refractivity contribution in [2.24, 2.45) is 0 Å². The van der Waals surface area contributed by atoms with Gasteiger partial charge in [0.1, 0.15) is 12.4 Å². The highest BCUT2D eigenvalue weighted by molar-refractivity contribution is 5.87. The molecule has 1 aromatic heterocycles. The zero-order chi connectivity index (χ0) is 22.6. The second-order valence-corrected chi connectivity index (χ2v) is 7.58. The van der Waals surface area contributed by atoms with Crippen LogP contribution in [0.4, 0.5) is 0 Å². The Morgan fingerprint density at radius 3 is 2.91 bits per heavy atom. The Morgan fingerprint density at radius 1 is 1.22 bits per heavy atom. The Bertz CT molecular complexity index is 894. The molecule has 32 heavy (non-hydrogen) atoms. The van der Waals surface area contributed by atoms with E-state index in [0.29, 0.717) is 37.4 Å². The quantitative estimate of drug-likeness (QED) is 0.305. The van der Waals surface area contributed by atoms with E-state index in [9.17, 15) is 4.79 Å². The van der Waals surface area contributed by atoms with Crippen LogP contribution < -0.4 is 19.5 Å². The number of rotatable bonds is 12. The lowest BCUT2D eigenvalue weighted by Gasteiger charge is -2.13. The average molecular weight is 441 g/mol. The first-order valence-electron chi connectivity index (χ1n) is 11.1. The van der Waals surface area contributed by atoms with Gasteiger partial charge in [-0.2, -0.15) is 0 Å². The van der Waals surface area contributed by atoms with Crippen LogP contribution in [-0.2, 0) is 16.0 Å². The molecule has 1 fully saturated rings. The molecule has 0 aliphatic carbocycles. The third kappa shape index (κ3) is 7.57. The monoisotopic (exact) mass is 440 g/mol. The van der Waals surface area contributed by atoms with Crippen molar-refractivity contribution in [2.45, 2.75) is 38.6 Å². The van der Waals surface area contributed by atoms with Crippen LogP contribution >= 0.6 is 0 Å². The molecule has 1 saturated heterocycles. The molecule has 1 aliphatic rings. The largest absolute Gasteiger partial charge is 0.493 e. The normalized spacial score (nSPS) is 15.6. The summed E-state index contributed by atoms with van der Waals surface area (Å²) >= 11 is 0. The predicted octanol–water partition coefficient (Wildman–Crippen LogP) is 3.81. The molecule has 0 radical (unpaired) electrons. The molecule has 2 aromatic rings. The molecule has 2 heterocycles. The number of aryl methyl sites for hydroxylation is 1. The topological polar surface area (TPSA) is 78.9 Å². The summed E-state index contributed by atoms with van der Waals surface area (Å²) in [5.41, 5.74) is 1.95. The number of nitrogens with one attached hydrogen (secondary N) is 1. The van der Waals surface area contributed by atoms with Crippen molar-refractivity contribution in [3.63, 3.8) is 0 Å². The predicted molar refractivity (Wildman–Crippen MR) is 123 cm³/mol. The van der Waals surface area contributed by atoms with Gasteiger partial charge in [0.15, 0.2) is 11.5 Å². The minimum Gasteiger partial charge on any atom is -0.493 e. The Morgan fingerprint density at radius 2 is 2.12 bits per heavy atom. The molecule has 1 aliphatic heterocycles. The zero-order valence-electron chi connectivity index (χ0n) is 18.8. The van der Waals surface area contributed by atoms with E-state index < -0.39 is 0 Å². The summed E-state index contributed by atoms with van der Waals surface area (Å²) < 4.78 is 22.1. The molecule has 1 aromatic carbocycles. The highest BCUT2D eigenvalue weighted by Gasteiger charge is 2.14. The van der Waals surface area contributed by atoms with Gasteiger partial charge in [0.05, 0.1) is 26.5 Å². The number of aromatic nitrogens is 1. The number of carbonyl (C=O) groups excluding carboxylic acids is 1. The Kier molecular flexibility index (Phi) is 9.37. The maximum absolute atomic E-state index is 11.5. The highest BCUT2D eigenvalue weighted by atomic mass is 16.5. The summed E-state index contributed by atoms with van der Waals surface area (Å²) in [6, 6.07) is 8.03. The molecule has 3 rings (SSSR count). The Hall–Kier alpha value is -3.06.